The monoisotopic (exact) mass is 421 g/mol. The van der Waals surface area contributed by atoms with Crippen molar-refractivity contribution in [2.45, 2.75) is 13.1 Å². The van der Waals surface area contributed by atoms with E-state index < -0.39 is 0 Å². The van der Waals surface area contributed by atoms with Gasteiger partial charge in [-0.3, -0.25) is 9.58 Å². The molecule has 4 aromatic rings. The third kappa shape index (κ3) is 4.54. The minimum Gasteiger partial charge on any atom is -0.321 e. The van der Waals surface area contributed by atoms with Crippen molar-refractivity contribution in [2.75, 3.05) is 38.0 Å². The lowest BCUT2D eigenvalue weighted by atomic mass is 10.2. The Balaban J connectivity index is 1.27. The van der Waals surface area contributed by atoms with Crippen molar-refractivity contribution in [3.8, 4) is 0 Å². The molecule has 1 aliphatic heterocycles. The van der Waals surface area contributed by atoms with E-state index in [-0.39, 0.29) is 5.82 Å². The molecular formula is C21H24FN9. The number of hydrogen-bond donors (Lipinski definition) is 2. The first kappa shape index (κ1) is 19.6. The molecule has 0 radical (unpaired) electrons. The van der Waals surface area contributed by atoms with Gasteiger partial charge in [0.25, 0.3) is 0 Å². The molecule has 1 saturated heterocycles. The highest BCUT2D eigenvalue weighted by atomic mass is 19.1. The molecule has 3 aromatic heterocycles. The van der Waals surface area contributed by atoms with Crippen molar-refractivity contribution in [3.05, 3.63) is 60.4 Å². The molecule has 10 heteroatoms. The van der Waals surface area contributed by atoms with Gasteiger partial charge in [-0.1, -0.05) is 18.2 Å². The van der Waals surface area contributed by atoms with Crippen molar-refractivity contribution in [2.24, 2.45) is 0 Å². The fourth-order valence-corrected chi connectivity index (χ4v) is 3.69. The lowest BCUT2D eigenvalue weighted by Crippen LogP contribution is -2.44. The maximum Gasteiger partial charge on any atom is 0.229 e. The number of benzene rings is 1. The van der Waals surface area contributed by atoms with Crippen LogP contribution in [-0.4, -0.2) is 67.2 Å². The quantitative estimate of drug-likeness (QED) is 0.471. The second kappa shape index (κ2) is 8.78. The predicted molar refractivity (Wildman–Crippen MR) is 116 cm³/mol. The van der Waals surface area contributed by atoms with E-state index in [1.807, 2.05) is 16.9 Å². The third-order valence-corrected chi connectivity index (χ3v) is 5.40. The lowest BCUT2D eigenvalue weighted by molar-refractivity contribution is 0.229. The van der Waals surface area contributed by atoms with E-state index in [1.54, 1.807) is 35.4 Å². The molecule has 0 spiro atoms. The van der Waals surface area contributed by atoms with Crippen LogP contribution >= 0.6 is 0 Å². The summed E-state index contributed by atoms with van der Waals surface area (Å²) in [5.41, 5.74) is 2.03. The van der Waals surface area contributed by atoms with Crippen LogP contribution in [0.15, 0.2) is 49.1 Å². The Hall–Kier alpha value is -3.37. The van der Waals surface area contributed by atoms with E-state index in [0.717, 1.165) is 50.3 Å². The van der Waals surface area contributed by atoms with Crippen LogP contribution in [0.25, 0.3) is 11.0 Å². The van der Waals surface area contributed by atoms with E-state index in [0.29, 0.717) is 23.7 Å². The van der Waals surface area contributed by atoms with Crippen LogP contribution in [0.2, 0.25) is 0 Å². The lowest BCUT2D eigenvalue weighted by Gasteiger charge is -2.26. The van der Waals surface area contributed by atoms with Crippen molar-refractivity contribution >= 4 is 22.7 Å². The van der Waals surface area contributed by atoms with Crippen LogP contribution in [-0.2, 0) is 13.1 Å². The number of fused-ring (bicyclic) bond motifs is 1. The second-order valence-corrected chi connectivity index (χ2v) is 7.57. The number of anilines is 2. The maximum atomic E-state index is 14.0. The zero-order chi connectivity index (χ0) is 21.0. The van der Waals surface area contributed by atoms with Gasteiger partial charge >= 0.3 is 0 Å². The average molecular weight is 421 g/mol. The van der Waals surface area contributed by atoms with E-state index in [2.05, 4.69) is 35.7 Å². The zero-order valence-electron chi connectivity index (χ0n) is 17.1. The van der Waals surface area contributed by atoms with Crippen LogP contribution in [0.5, 0.6) is 0 Å². The molecule has 5 rings (SSSR count). The topological polar surface area (TPSA) is 88.7 Å². The summed E-state index contributed by atoms with van der Waals surface area (Å²) in [7, 11) is 0. The van der Waals surface area contributed by atoms with E-state index in [9.17, 15) is 4.39 Å². The first-order valence-electron chi connectivity index (χ1n) is 10.4. The first-order valence-corrected chi connectivity index (χ1v) is 10.4. The van der Waals surface area contributed by atoms with E-state index in [4.69, 9.17) is 0 Å². The molecule has 0 saturated carbocycles. The maximum absolute atomic E-state index is 14.0. The SMILES string of the molecule is Fc1ccccc1Cn1ncc2cnc(Nc3cnn(CCN4CCNCC4)c3)nc21. The summed E-state index contributed by atoms with van der Waals surface area (Å²) in [6, 6.07) is 6.68. The van der Waals surface area contributed by atoms with Crippen LogP contribution < -0.4 is 10.6 Å². The molecule has 0 amide bonds. The summed E-state index contributed by atoms with van der Waals surface area (Å²) in [5.74, 6) is 0.191. The predicted octanol–water partition coefficient (Wildman–Crippen LogP) is 1.86. The fourth-order valence-electron chi connectivity index (χ4n) is 3.69. The largest absolute Gasteiger partial charge is 0.321 e. The van der Waals surface area contributed by atoms with Gasteiger partial charge in [0.15, 0.2) is 5.65 Å². The molecule has 4 heterocycles. The van der Waals surface area contributed by atoms with Gasteiger partial charge in [0.2, 0.25) is 5.95 Å². The summed E-state index contributed by atoms with van der Waals surface area (Å²) in [6.07, 6.45) is 7.12. The third-order valence-electron chi connectivity index (χ3n) is 5.40. The first-order chi connectivity index (χ1) is 15.2. The van der Waals surface area contributed by atoms with Crippen molar-refractivity contribution in [1.82, 2.24) is 39.7 Å². The fraction of sp³-hybridized carbons (Fsp3) is 0.333. The van der Waals surface area contributed by atoms with Crippen LogP contribution in [0, 0.1) is 5.82 Å². The minimum atomic E-state index is -0.258. The van der Waals surface area contributed by atoms with Gasteiger partial charge in [-0.25, -0.2) is 14.1 Å². The molecule has 1 aliphatic rings. The van der Waals surface area contributed by atoms with E-state index >= 15 is 0 Å². The molecule has 1 aromatic carbocycles. The number of halogens is 1. The van der Waals surface area contributed by atoms with Crippen molar-refractivity contribution < 1.29 is 4.39 Å². The molecule has 1 fully saturated rings. The molecule has 0 unspecified atom stereocenters. The number of piperazine rings is 1. The Morgan fingerprint density at radius 3 is 2.77 bits per heavy atom. The zero-order valence-corrected chi connectivity index (χ0v) is 17.1. The Labute approximate surface area is 178 Å². The number of rotatable bonds is 7. The molecule has 2 N–H and O–H groups in total. The Bertz CT molecular complexity index is 1160. The highest BCUT2D eigenvalue weighted by Gasteiger charge is 2.11. The number of hydrogen-bond acceptors (Lipinski definition) is 7. The molecular weight excluding hydrogens is 397 g/mol. The molecule has 31 heavy (non-hydrogen) atoms. The molecule has 160 valence electrons. The standard InChI is InChI=1S/C21H24FN9/c22-19-4-2-1-3-16(19)14-31-20-17(12-26-31)11-24-21(28-20)27-18-13-25-30(15-18)10-9-29-7-5-23-6-8-29/h1-4,11-13,15,23H,5-10,14H2,(H,24,27,28). The summed E-state index contributed by atoms with van der Waals surface area (Å²) < 4.78 is 17.6. The molecule has 0 bridgehead atoms. The van der Waals surface area contributed by atoms with Gasteiger partial charge in [0, 0.05) is 50.7 Å². The number of nitrogens with one attached hydrogen (secondary N) is 2. The Morgan fingerprint density at radius 2 is 1.90 bits per heavy atom. The van der Waals surface area contributed by atoms with E-state index in [1.165, 1.54) is 6.07 Å². The van der Waals surface area contributed by atoms with Crippen molar-refractivity contribution in [1.29, 1.82) is 0 Å². The summed E-state index contributed by atoms with van der Waals surface area (Å²) in [5, 5.41) is 16.1. The normalized spacial score (nSPS) is 14.9. The Kier molecular flexibility index (Phi) is 5.55. The van der Waals surface area contributed by atoms with Gasteiger partial charge < -0.3 is 10.6 Å². The smallest absolute Gasteiger partial charge is 0.229 e. The van der Waals surface area contributed by atoms with Gasteiger partial charge in [0.05, 0.1) is 36.6 Å². The molecule has 0 atom stereocenters. The average Bonchev–Trinajstić information content (AvgIpc) is 3.41. The second-order valence-electron chi connectivity index (χ2n) is 7.57. The van der Waals surface area contributed by atoms with Gasteiger partial charge in [0.1, 0.15) is 5.82 Å². The number of aromatic nitrogens is 6. The summed E-state index contributed by atoms with van der Waals surface area (Å²) in [4.78, 5) is 11.4. The van der Waals surface area contributed by atoms with Crippen LogP contribution in [0.4, 0.5) is 16.0 Å². The summed E-state index contributed by atoms with van der Waals surface area (Å²) in [6.45, 7) is 6.33. The van der Waals surface area contributed by atoms with Crippen LogP contribution in [0.1, 0.15) is 5.56 Å². The molecule has 0 aliphatic carbocycles. The highest BCUT2D eigenvalue weighted by Crippen LogP contribution is 2.18. The van der Waals surface area contributed by atoms with Gasteiger partial charge in [-0.15, -0.1) is 0 Å². The minimum absolute atomic E-state index is 0.258. The highest BCUT2D eigenvalue weighted by molar-refractivity contribution is 5.75. The van der Waals surface area contributed by atoms with Gasteiger partial charge in [-0.2, -0.15) is 15.2 Å². The summed E-state index contributed by atoms with van der Waals surface area (Å²) >= 11 is 0. The number of nitrogens with zero attached hydrogens (tertiary/aromatic N) is 7. The van der Waals surface area contributed by atoms with Crippen molar-refractivity contribution in [3.63, 3.8) is 0 Å². The molecule has 9 nitrogen and oxygen atoms in total. The Morgan fingerprint density at radius 1 is 1.03 bits per heavy atom. The van der Waals surface area contributed by atoms with Crippen LogP contribution in [0.3, 0.4) is 0 Å². The van der Waals surface area contributed by atoms with Gasteiger partial charge in [-0.05, 0) is 6.07 Å².